The van der Waals surface area contributed by atoms with E-state index in [1.165, 1.54) is 0 Å². The number of nitrogen functional groups attached to an aromatic ring is 1. The summed E-state index contributed by atoms with van der Waals surface area (Å²) in [7, 11) is 0. The van der Waals surface area contributed by atoms with Gasteiger partial charge in [0.25, 0.3) is 0 Å². The largest absolute Gasteiger partial charge is 0.507 e. The van der Waals surface area contributed by atoms with E-state index in [2.05, 4.69) is 0 Å². The molecule has 4 radical (unpaired) electrons. The average Bonchev–Trinajstić information content (AvgIpc) is 1.93. The molecule has 3 N–H and O–H groups in total. The Morgan fingerprint density at radius 2 is 1.82 bits per heavy atom. The zero-order valence-electron chi connectivity index (χ0n) is 6.68. The van der Waals surface area contributed by atoms with Gasteiger partial charge in [0.15, 0.2) is 0 Å². The normalized spacial score (nSPS) is 8.91. The molecule has 0 saturated carbocycles. The Balaban J connectivity index is 0.000001000. The number of hydrogen-bond donors (Lipinski definition) is 2. The van der Waals surface area contributed by atoms with E-state index in [1.807, 2.05) is 6.92 Å². The number of rotatable bonds is 0. The Morgan fingerprint density at radius 3 is 2.27 bits per heavy atom. The molecule has 11 heavy (non-hydrogen) atoms. The maximum atomic E-state index is 9.31. The van der Waals surface area contributed by atoms with Crippen LogP contribution in [-0.4, -0.2) is 32.4 Å². The van der Waals surface area contributed by atoms with Gasteiger partial charge in [-0.3, -0.25) is 0 Å². The summed E-state index contributed by atoms with van der Waals surface area (Å²) in [5.74, 6) is 0.306. The third kappa shape index (κ3) is 2.08. The molecule has 0 spiro atoms. The van der Waals surface area contributed by atoms with Gasteiger partial charge < -0.3 is 10.8 Å². The topological polar surface area (TPSA) is 46.2 Å². The summed E-state index contributed by atoms with van der Waals surface area (Å²) in [6.07, 6.45) is 0. The van der Waals surface area contributed by atoms with Crippen LogP contribution in [0.2, 0.25) is 0 Å². The van der Waals surface area contributed by atoms with Gasteiger partial charge in [-0.1, -0.05) is 6.07 Å². The van der Waals surface area contributed by atoms with E-state index >= 15 is 0 Å². The van der Waals surface area contributed by atoms with Crippen molar-refractivity contribution in [2.75, 3.05) is 5.73 Å². The van der Waals surface area contributed by atoms with Crippen LogP contribution in [-0.2, 0) is 0 Å². The molecule has 0 heterocycles. The fourth-order valence-corrected chi connectivity index (χ4v) is 0.851. The number of aromatic hydroxyl groups is 1. The van der Waals surface area contributed by atoms with Crippen LogP contribution in [0.5, 0.6) is 5.75 Å². The molecule has 1 aromatic carbocycles. The summed E-state index contributed by atoms with van der Waals surface area (Å²) in [5, 5.41) is 9.31. The second-order valence-corrected chi connectivity index (χ2v) is 2.45. The maximum Gasteiger partial charge on any atom is 0.123 e. The summed E-state index contributed by atoms with van der Waals surface area (Å²) in [6.45, 7) is 3.65. The Morgan fingerprint density at radius 1 is 1.27 bits per heavy atom. The quantitative estimate of drug-likeness (QED) is 0.549. The van der Waals surface area contributed by atoms with Gasteiger partial charge in [0, 0.05) is 38.5 Å². The molecule has 0 saturated heterocycles. The fourth-order valence-electron chi connectivity index (χ4n) is 0.851. The van der Waals surface area contributed by atoms with Crippen molar-refractivity contribution in [3.8, 4) is 5.75 Å². The van der Waals surface area contributed by atoms with Crippen LogP contribution in [0.4, 0.5) is 5.69 Å². The van der Waals surface area contributed by atoms with E-state index in [0.717, 1.165) is 11.1 Å². The maximum absolute atomic E-state index is 9.31. The molecule has 0 amide bonds. The Hall–Kier alpha value is -0.258. The minimum atomic E-state index is 0. The smallest absolute Gasteiger partial charge is 0.123 e. The molecule has 0 aliphatic carbocycles. The van der Waals surface area contributed by atoms with E-state index in [-0.39, 0.29) is 27.3 Å². The van der Waals surface area contributed by atoms with Crippen molar-refractivity contribution in [1.29, 1.82) is 0 Å². The number of phenols is 1. The molecule has 58 valence electrons. The predicted molar refractivity (Wildman–Crippen MR) is 47.7 cm³/mol. The molecular weight excluding hydrogens is 333 g/mol. The van der Waals surface area contributed by atoms with Crippen LogP contribution in [0, 0.1) is 13.8 Å². The number of aryl methyl sites for hydroxylation is 1. The molecular formula is C8H11NOPb. The third-order valence-electron chi connectivity index (χ3n) is 1.67. The average molecular weight is 344 g/mol. The summed E-state index contributed by atoms with van der Waals surface area (Å²) < 4.78 is 0. The van der Waals surface area contributed by atoms with Crippen LogP contribution in [0.1, 0.15) is 11.1 Å². The number of nitrogens with two attached hydrogens (primary N) is 1. The van der Waals surface area contributed by atoms with Crippen molar-refractivity contribution in [3.63, 3.8) is 0 Å². The molecule has 0 aliphatic rings. The van der Waals surface area contributed by atoms with Crippen LogP contribution < -0.4 is 5.73 Å². The second-order valence-electron chi connectivity index (χ2n) is 2.45. The molecule has 0 aliphatic heterocycles. The first-order valence-electron chi connectivity index (χ1n) is 3.17. The minimum Gasteiger partial charge on any atom is -0.507 e. The molecule has 0 aromatic heterocycles. The number of phenolic OH excluding ortho intramolecular Hbond substituents is 1. The molecule has 0 atom stereocenters. The predicted octanol–water partition coefficient (Wildman–Crippen LogP) is 1.21. The fraction of sp³-hybridized carbons (Fsp3) is 0.250. The Labute approximate surface area is 86.6 Å². The van der Waals surface area contributed by atoms with Crippen molar-refractivity contribution in [1.82, 2.24) is 0 Å². The monoisotopic (exact) mass is 345 g/mol. The van der Waals surface area contributed by atoms with Crippen molar-refractivity contribution in [2.45, 2.75) is 13.8 Å². The second kappa shape index (κ2) is 3.94. The van der Waals surface area contributed by atoms with Crippen LogP contribution >= 0.6 is 0 Å². The molecule has 0 bridgehead atoms. The number of anilines is 1. The summed E-state index contributed by atoms with van der Waals surface area (Å²) in [5.41, 5.74) is 7.80. The summed E-state index contributed by atoms with van der Waals surface area (Å²) in [6, 6.07) is 3.60. The molecule has 3 heteroatoms. The van der Waals surface area contributed by atoms with E-state index in [4.69, 9.17) is 5.73 Å². The van der Waals surface area contributed by atoms with E-state index in [0.29, 0.717) is 11.4 Å². The van der Waals surface area contributed by atoms with E-state index in [9.17, 15) is 5.11 Å². The van der Waals surface area contributed by atoms with Gasteiger partial charge in [-0.05, 0) is 25.5 Å². The van der Waals surface area contributed by atoms with Crippen LogP contribution in [0.15, 0.2) is 12.1 Å². The molecule has 0 unspecified atom stereocenters. The molecule has 1 aromatic rings. The standard InChI is InChI=1S/C8H11NO.Pb/c1-5-3-4-7(9)6(2)8(5)10;/h3-4,10H,9H2,1-2H3;. The van der Waals surface area contributed by atoms with Gasteiger partial charge in [-0.15, -0.1) is 0 Å². The van der Waals surface area contributed by atoms with Crippen LogP contribution in [0.3, 0.4) is 0 Å². The van der Waals surface area contributed by atoms with Gasteiger partial charge in [0.2, 0.25) is 0 Å². The minimum absolute atomic E-state index is 0. The number of benzene rings is 1. The zero-order chi connectivity index (χ0) is 7.72. The van der Waals surface area contributed by atoms with Crippen molar-refractivity contribution in [3.05, 3.63) is 23.3 Å². The zero-order valence-corrected chi connectivity index (χ0v) is 10.6. The van der Waals surface area contributed by atoms with Gasteiger partial charge in [0.05, 0.1) is 0 Å². The van der Waals surface area contributed by atoms with Crippen molar-refractivity contribution >= 4 is 33.0 Å². The summed E-state index contributed by atoms with van der Waals surface area (Å²) in [4.78, 5) is 0. The molecule has 0 fully saturated rings. The van der Waals surface area contributed by atoms with E-state index < -0.39 is 0 Å². The van der Waals surface area contributed by atoms with Gasteiger partial charge in [-0.2, -0.15) is 0 Å². The van der Waals surface area contributed by atoms with Crippen molar-refractivity contribution in [2.24, 2.45) is 0 Å². The van der Waals surface area contributed by atoms with E-state index in [1.54, 1.807) is 19.1 Å². The Kier molecular flexibility index (Phi) is 3.85. The SMILES string of the molecule is Cc1ccc(N)c(C)c1O.[Pb]. The molecule has 1 rings (SSSR count). The summed E-state index contributed by atoms with van der Waals surface area (Å²) >= 11 is 0. The first-order chi connectivity index (χ1) is 4.63. The molecule has 2 nitrogen and oxygen atoms in total. The first-order valence-corrected chi connectivity index (χ1v) is 3.17. The number of hydrogen-bond acceptors (Lipinski definition) is 2. The van der Waals surface area contributed by atoms with Gasteiger partial charge >= 0.3 is 0 Å². The Bertz CT molecular complexity index is 234. The first kappa shape index (κ1) is 10.7. The third-order valence-corrected chi connectivity index (χ3v) is 1.67. The van der Waals surface area contributed by atoms with Crippen molar-refractivity contribution < 1.29 is 5.11 Å². The van der Waals surface area contributed by atoms with Gasteiger partial charge in [-0.25, -0.2) is 0 Å². The van der Waals surface area contributed by atoms with Crippen LogP contribution in [0.25, 0.3) is 0 Å². The van der Waals surface area contributed by atoms with Gasteiger partial charge in [0.1, 0.15) is 5.75 Å².